The zero-order chi connectivity index (χ0) is 6.15. The van der Waals surface area contributed by atoms with Crippen molar-refractivity contribution in [2.24, 2.45) is 11.7 Å². The SMILES string of the molecule is C=C1NCC(C)C1N. The van der Waals surface area contributed by atoms with Gasteiger partial charge in [0.1, 0.15) is 0 Å². The minimum absolute atomic E-state index is 0.176. The normalized spacial score (nSPS) is 37.5. The lowest BCUT2D eigenvalue weighted by Crippen LogP contribution is -2.24. The minimum atomic E-state index is 0.176. The van der Waals surface area contributed by atoms with Gasteiger partial charge in [0.15, 0.2) is 0 Å². The summed E-state index contributed by atoms with van der Waals surface area (Å²) >= 11 is 0. The van der Waals surface area contributed by atoms with E-state index in [4.69, 9.17) is 5.73 Å². The van der Waals surface area contributed by atoms with Crippen molar-refractivity contribution in [2.45, 2.75) is 13.0 Å². The summed E-state index contributed by atoms with van der Waals surface area (Å²) in [5, 5.41) is 3.10. The van der Waals surface area contributed by atoms with Crippen molar-refractivity contribution in [1.29, 1.82) is 0 Å². The van der Waals surface area contributed by atoms with Crippen molar-refractivity contribution < 1.29 is 0 Å². The molecule has 0 radical (unpaired) electrons. The van der Waals surface area contributed by atoms with E-state index in [-0.39, 0.29) is 6.04 Å². The third-order valence-corrected chi connectivity index (χ3v) is 1.67. The molecule has 1 fully saturated rings. The Labute approximate surface area is 49.8 Å². The van der Waals surface area contributed by atoms with Crippen molar-refractivity contribution in [3.8, 4) is 0 Å². The Hall–Kier alpha value is -0.500. The molecular formula is C6H12N2. The molecule has 0 aliphatic carbocycles. The summed E-state index contributed by atoms with van der Waals surface area (Å²) in [6.45, 7) is 6.86. The van der Waals surface area contributed by atoms with E-state index in [2.05, 4.69) is 18.8 Å². The molecule has 1 aliphatic heterocycles. The lowest BCUT2D eigenvalue weighted by Gasteiger charge is -2.05. The van der Waals surface area contributed by atoms with Gasteiger partial charge < -0.3 is 11.1 Å². The van der Waals surface area contributed by atoms with Crippen LogP contribution in [0.15, 0.2) is 12.3 Å². The number of rotatable bonds is 0. The first-order valence-corrected chi connectivity index (χ1v) is 2.90. The average Bonchev–Trinajstić information content (AvgIpc) is 1.98. The highest BCUT2D eigenvalue weighted by atomic mass is 15.0. The zero-order valence-electron chi connectivity index (χ0n) is 5.15. The van der Waals surface area contributed by atoms with Crippen LogP contribution in [0.1, 0.15) is 6.92 Å². The van der Waals surface area contributed by atoms with Crippen molar-refractivity contribution in [3.63, 3.8) is 0 Å². The molecule has 46 valence electrons. The van der Waals surface area contributed by atoms with Crippen molar-refractivity contribution in [3.05, 3.63) is 12.3 Å². The van der Waals surface area contributed by atoms with Gasteiger partial charge in [-0.2, -0.15) is 0 Å². The molecule has 2 atom stereocenters. The summed E-state index contributed by atoms with van der Waals surface area (Å²) in [7, 11) is 0. The molecule has 0 amide bonds. The Balaban J connectivity index is 2.56. The average molecular weight is 112 g/mol. The lowest BCUT2D eigenvalue weighted by atomic mass is 10.1. The van der Waals surface area contributed by atoms with E-state index in [1.807, 2.05) is 0 Å². The molecule has 0 bridgehead atoms. The van der Waals surface area contributed by atoms with Gasteiger partial charge in [0.05, 0.1) is 0 Å². The van der Waals surface area contributed by atoms with Gasteiger partial charge in [-0.3, -0.25) is 0 Å². The Morgan fingerprint density at radius 1 is 1.88 bits per heavy atom. The predicted octanol–water partition coefficient (Wildman–Crippen LogP) is 0.0667. The van der Waals surface area contributed by atoms with E-state index < -0.39 is 0 Å². The summed E-state index contributed by atoms with van der Waals surface area (Å²) in [6, 6.07) is 0.176. The van der Waals surface area contributed by atoms with Crippen molar-refractivity contribution in [2.75, 3.05) is 6.54 Å². The summed E-state index contributed by atoms with van der Waals surface area (Å²) in [5.74, 6) is 0.558. The van der Waals surface area contributed by atoms with Crippen LogP contribution in [0.3, 0.4) is 0 Å². The zero-order valence-corrected chi connectivity index (χ0v) is 5.15. The van der Waals surface area contributed by atoms with Crippen molar-refractivity contribution >= 4 is 0 Å². The van der Waals surface area contributed by atoms with Gasteiger partial charge in [-0.05, 0) is 5.92 Å². The Kier molecular flexibility index (Phi) is 1.26. The summed E-state index contributed by atoms with van der Waals surface area (Å²) in [4.78, 5) is 0. The molecule has 3 N–H and O–H groups in total. The maximum absolute atomic E-state index is 5.66. The first-order chi connectivity index (χ1) is 3.72. The molecule has 1 saturated heterocycles. The topological polar surface area (TPSA) is 38.0 Å². The van der Waals surface area contributed by atoms with Gasteiger partial charge in [-0.1, -0.05) is 13.5 Å². The second-order valence-electron chi connectivity index (χ2n) is 2.41. The fraction of sp³-hybridized carbons (Fsp3) is 0.667. The summed E-state index contributed by atoms with van der Waals surface area (Å²) in [6.07, 6.45) is 0. The standard InChI is InChI=1S/C6H12N2/c1-4-3-8-5(2)6(4)7/h4,6,8H,2-3,7H2,1H3. The molecule has 1 rings (SSSR count). The minimum Gasteiger partial charge on any atom is -0.387 e. The monoisotopic (exact) mass is 112 g/mol. The predicted molar refractivity (Wildman–Crippen MR) is 34.3 cm³/mol. The maximum atomic E-state index is 5.66. The number of nitrogens with two attached hydrogens (primary N) is 1. The molecule has 0 aromatic rings. The van der Waals surface area contributed by atoms with Crippen LogP contribution in [0.25, 0.3) is 0 Å². The molecule has 0 spiro atoms. The second-order valence-corrected chi connectivity index (χ2v) is 2.41. The first-order valence-electron chi connectivity index (χ1n) is 2.90. The number of hydrogen-bond donors (Lipinski definition) is 2. The van der Waals surface area contributed by atoms with Gasteiger partial charge in [-0.15, -0.1) is 0 Å². The summed E-state index contributed by atoms with van der Waals surface area (Å²) in [5.41, 5.74) is 6.64. The van der Waals surface area contributed by atoms with E-state index in [0.29, 0.717) is 5.92 Å². The van der Waals surface area contributed by atoms with E-state index in [9.17, 15) is 0 Å². The largest absolute Gasteiger partial charge is 0.387 e. The van der Waals surface area contributed by atoms with Crippen LogP contribution in [-0.2, 0) is 0 Å². The lowest BCUT2D eigenvalue weighted by molar-refractivity contribution is 0.580. The van der Waals surface area contributed by atoms with Crippen LogP contribution in [-0.4, -0.2) is 12.6 Å². The highest BCUT2D eigenvalue weighted by Crippen LogP contribution is 2.12. The van der Waals surface area contributed by atoms with E-state index in [1.165, 1.54) is 0 Å². The molecule has 2 unspecified atom stereocenters. The van der Waals surface area contributed by atoms with Crippen LogP contribution in [0.5, 0.6) is 0 Å². The number of nitrogens with one attached hydrogen (secondary N) is 1. The summed E-state index contributed by atoms with van der Waals surface area (Å²) < 4.78 is 0. The van der Waals surface area contributed by atoms with E-state index in [0.717, 1.165) is 12.2 Å². The Morgan fingerprint density at radius 3 is 2.62 bits per heavy atom. The molecule has 0 saturated carbocycles. The molecule has 2 heteroatoms. The van der Waals surface area contributed by atoms with Crippen LogP contribution < -0.4 is 11.1 Å². The second kappa shape index (κ2) is 1.78. The fourth-order valence-corrected chi connectivity index (χ4v) is 0.880. The van der Waals surface area contributed by atoms with E-state index in [1.54, 1.807) is 0 Å². The van der Waals surface area contributed by atoms with Crippen molar-refractivity contribution in [1.82, 2.24) is 5.32 Å². The van der Waals surface area contributed by atoms with Crippen LogP contribution >= 0.6 is 0 Å². The van der Waals surface area contributed by atoms with Crippen LogP contribution in [0, 0.1) is 5.92 Å². The van der Waals surface area contributed by atoms with Crippen LogP contribution in [0.4, 0.5) is 0 Å². The van der Waals surface area contributed by atoms with Gasteiger partial charge in [0.25, 0.3) is 0 Å². The molecule has 0 aromatic carbocycles. The molecule has 2 nitrogen and oxygen atoms in total. The smallest absolute Gasteiger partial charge is 0.0481 e. The molecular weight excluding hydrogens is 100 g/mol. The Bertz CT molecular complexity index is 109. The van der Waals surface area contributed by atoms with Gasteiger partial charge in [0.2, 0.25) is 0 Å². The van der Waals surface area contributed by atoms with Gasteiger partial charge >= 0.3 is 0 Å². The molecule has 0 aromatic heterocycles. The molecule has 8 heavy (non-hydrogen) atoms. The van der Waals surface area contributed by atoms with E-state index >= 15 is 0 Å². The quantitative estimate of drug-likeness (QED) is 0.465. The maximum Gasteiger partial charge on any atom is 0.0481 e. The van der Waals surface area contributed by atoms with Gasteiger partial charge in [0, 0.05) is 18.3 Å². The third kappa shape index (κ3) is 0.713. The highest BCUT2D eigenvalue weighted by molar-refractivity contribution is 5.09. The number of hydrogen-bond acceptors (Lipinski definition) is 2. The van der Waals surface area contributed by atoms with Crippen LogP contribution in [0.2, 0.25) is 0 Å². The Morgan fingerprint density at radius 2 is 2.50 bits per heavy atom. The first kappa shape index (κ1) is 5.63. The third-order valence-electron chi connectivity index (χ3n) is 1.67. The highest BCUT2D eigenvalue weighted by Gasteiger charge is 2.21. The van der Waals surface area contributed by atoms with Gasteiger partial charge in [-0.25, -0.2) is 0 Å². The molecule has 1 aliphatic rings. The fourth-order valence-electron chi connectivity index (χ4n) is 0.880. The molecule has 1 heterocycles.